The zero-order valence-corrected chi connectivity index (χ0v) is 14.6. The Bertz CT molecular complexity index is 1030. The number of rotatable bonds is 5. The fraction of sp³-hybridized carbons (Fsp3) is 0.143. The monoisotopic (exact) mass is 344 g/mol. The van der Waals surface area contributed by atoms with Crippen LogP contribution in [0.2, 0.25) is 0 Å². The Morgan fingerprint density at radius 3 is 2.77 bits per heavy atom. The van der Waals surface area contributed by atoms with E-state index in [9.17, 15) is 4.79 Å². The van der Waals surface area contributed by atoms with E-state index >= 15 is 0 Å². The van der Waals surface area contributed by atoms with Crippen LogP contribution in [0.1, 0.15) is 23.0 Å². The van der Waals surface area contributed by atoms with Gasteiger partial charge in [-0.3, -0.25) is 4.79 Å². The van der Waals surface area contributed by atoms with Crippen LogP contribution in [-0.2, 0) is 6.54 Å². The molecule has 26 heavy (non-hydrogen) atoms. The third-order valence-electron chi connectivity index (χ3n) is 4.57. The van der Waals surface area contributed by atoms with Crippen LogP contribution in [0.3, 0.4) is 0 Å². The minimum atomic E-state index is 0.00183. The van der Waals surface area contributed by atoms with Gasteiger partial charge in [0, 0.05) is 42.6 Å². The van der Waals surface area contributed by atoms with E-state index in [0.29, 0.717) is 18.8 Å². The number of H-pyrrole nitrogens is 2. The molecule has 4 aromatic rings. The van der Waals surface area contributed by atoms with Gasteiger partial charge in [-0.05, 0) is 36.2 Å². The number of carbonyl (C=O) groups is 1. The highest BCUT2D eigenvalue weighted by Gasteiger charge is 2.17. The second kappa shape index (κ2) is 6.88. The standard InChI is InChI=1S/C21H20N4O/c1-2-25(14-15-6-4-3-5-7-15)21(26)19-12-16(13-24-19)17-8-10-22-20-18(17)9-11-23-20/h3-13,24H,2,14H2,1H3,(H,22,23). The van der Waals surface area contributed by atoms with Crippen molar-refractivity contribution in [1.82, 2.24) is 19.9 Å². The highest BCUT2D eigenvalue weighted by atomic mass is 16.2. The Balaban J connectivity index is 1.60. The molecule has 1 aromatic carbocycles. The number of aromatic amines is 2. The van der Waals surface area contributed by atoms with Gasteiger partial charge in [0.15, 0.2) is 0 Å². The number of fused-ring (bicyclic) bond motifs is 1. The lowest BCUT2D eigenvalue weighted by Gasteiger charge is -2.20. The van der Waals surface area contributed by atoms with E-state index in [1.165, 1.54) is 0 Å². The quantitative estimate of drug-likeness (QED) is 0.569. The van der Waals surface area contributed by atoms with Gasteiger partial charge >= 0.3 is 0 Å². The van der Waals surface area contributed by atoms with Crippen molar-refractivity contribution in [2.75, 3.05) is 6.54 Å². The average molecular weight is 344 g/mol. The maximum atomic E-state index is 12.9. The van der Waals surface area contributed by atoms with Gasteiger partial charge in [-0.25, -0.2) is 4.98 Å². The van der Waals surface area contributed by atoms with E-state index in [4.69, 9.17) is 0 Å². The molecule has 0 saturated heterocycles. The van der Waals surface area contributed by atoms with Gasteiger partial charge in [-0.15, -0.1) is 0 Å². The Hall–Kier alpha value is -3.34. The number of carbonyl (C=O) groups excluding carboxylic acids is 1. The van der Waals surface area contributed by atoms with Crippen LogP contribution in [0.15, 0.2) is 67.1 Å². The fourth-order valence-corrected chi connectivity index (χ4v) is 3.19. The van der Waals surface area contributed by atoms with Crippen LogP contribution in [0, 0.1) is 0 Å². The molecule has 0 aliphatic heterocycles. The molecule has 0 radical (unpaired) electrons. The molecule has 2 N–H and O–H groups in total. The molecule has 0 fully saturated rings. The largest absolute Gasteiger partial charge is 0.357 e. The van der Waals surface area contributed by atoms with E-state index in [1.54, 1.807) is 6.20 Å². The summed E-state index contributed by atoms with van der Waals surface area (Å²) in [6.07, 6.45) is 5.53. The summed E-state index contributed by atoms with van der Waals surface area (Å²) in [4.78, 5) is 25.3. The van der Waals surface area contributed by atoms with Gasteiger partial charge in [0.25, 0.3) is 5.91 Å². The number of nitrogens with one attached hydrogen (secondary N) is 2. The lowest BCUT2D eigenvalue weighted by molar-refractivity contribution is 0.0747. The number of nitrogens with zero attached hydrogens (tertiary/aromatic N) is 2. The predicted molar refractivity (Wildman–Crippen MR) is 103 cm³/mol. The molecule has 5 heteroatoms. The summed E-state index contributed by atoms with van der Waals surface area (Å²) in [5.74, 6) is 0.00183. The molecular weight excluding hydrogens is 324 g/mol. The molecule has 5 nitrogen and oxygen atoms in total. The van der Waals surface area contributed by atoms with E-state index in [-0.39, 0.29) is 5.91 Å². The normalized spacial score (nSPS) is 11.0. The summed E-state index contributed by atoms with van der Waals surface area (Å²) in [5.41, 5.74) is 4.60. The number of pyridine rings is 1. The van der Waals surface area contributed by atoms with Crippen LogP contribution in [0.25, 0.3) is 22.2 Å². The van der Waals surface area contributed by atoms with Gasteiger partial charge < -0.3 is 14.9 Å². The van der Waals surface area contributed by atoms with Crippen LogP contribution >= 0.6 is 0 Å². The molecule has 0 aliphatic carbocycles. The van der Waals surface area contributed by atoms with Crippen molar-refractivity contribution in [3.05, 3.63) is 78.4 Å². The second-order valence-corrected chi connectivity index (χ2v) is 6.21. The first kappa shape index (κ1) is 16.1. The molecule has 0 saturated carbocycles. The van der Waals surface area contributed by atoms with Gasteiger partial charge in [0.2, 0.25) is 0 Å². The molecule has 0 spiro atoms. The van der Waals surface area contributed by atoms with E-state index < -0.39 is 0 Å². The minimum absolute atomic E-state index is 0.00183. The maximum Gasteiger partial charge on any atom is 0.270 e. The SMILES string of the molecule is CCN(Cc1ccccc1)C(=O)c1cc(-c2ccnc3[nH]ccc23)c[nH]1. The second-order valence-electron chi connectivity index (χ2n) is 6.21. The first-order valence-electron chi connectivity index (χ1n) is 8.70. The van der Waals surface area contributed by atoms with Crippen molar-refractivity contribution in [2.24, 2.45) is 0 Å². The summed E-state index contributed by atoms with van der Waals surface area (Å²) in [7, 11) is 0. The number of aromatic nitrogens is 3. The zero-order chi connectivity index (χ0) is 17.9. The van der Waals surface area contributed by atoms with Crippen molar-refractivity contribution in [2.45, 2.75) is 13.5 Å². The lowest BCUT2D eigenvalue weighted by atomic mass is 10.1. The number of amides is 1. The van der Waals surface area contributed by atoms with Crippen molar-refractivity contribution in [3.63, 3.8) is 0 Å². The van der Waals surface area contributed by atoms with E-state index in [1.807, 2.05) is 72.7 Å². The molecule has 3 aromatic heterocycles. The average Bonchev–Trinajstić information content (AvgIpc) is 3.35. The van der Waals surface area contributed by atoms with Gasteiger partial charge in [0.05, 0.1) is 0 Å². The molecular formula is C21H20N4O. The molecule has 0 aliphatic rings. The van der Waals surface area contributed by atoms with Crippen molar-refractivity contribution < 1.29 is 4.79 Å². The van der Waals surface area contributed by atoms with Crippen LogP contribution in [0.5, 0.6) is 0 Å². The minimum Gasteiger partial charge on any atom is -0.357 e. The zero-order valence-electron chi connectivity index (χ0n) is 14.6. The van der Waals surface area contributed by atoms with Crippen molar-refractivity contribution in [3.8, 4) is 11.1 Å². The van der Waals surface area contributed by atoms with Gasteiger partial charge in [-0.2, -0.15) is 0 Å². The summed E-state index contributed by atoms with van der Waals surface area (Å²) in [5, 5.41) is 1.04. The van der Waals surface area contributed by atoms with Crippen molar-refractivity contribution in [1.29, 1.82) is 0 Å². The van der Waals surface area contributed by atoms with Gasteiger partial charge in [-0.1, -0.05) is 30.3 Å². The molecule has 4 rings (SSSR count). The van der Waals surface area contributed by atoms with Crippen LogP contribution < -0.4 is 0 Å². The topological polar surface area (TPSA) is 64.8 Å². The highest BCUT2D eigenvalue weighted by molar-refractivity contribution is 5.97. The Morgan fingerprint density at radius 2 is 1.96 bits per heavy atom. The maximum absolute atomic E-state index is 12.9. The molecule has 0 atom stereocenters. The highest BCUT2D eigenvalue weighted by Crippen LogP contribution is 2.27. The molecule has 0 bridgehead atoms. The third kappa shape index (κ3) is 2.99. The summed E-state index contributed by atoms with van der Waals surface area (Å²) in [6.45, 7) is 3.25. The summed E-state index contributed by atoms with van der Waals surface area (Å²) in [6, 6.07) is 15.9. The first-order chi connectivity index (χ1) is 12.8. The smallest absolute Gasteiger partial charge is 0.270 e. The van der Waals surface area contributed by atoms with Gasteiger partial charge in [0.1, 0.15) is 11.3 Å². The Labute approximate surface area is 151 Å². The third-order valence-corrected chi connectivity index (χ3v) is 4.57. The number of hydrogen-bond acceptors (Lipinski definition) is 2. The number of benzene rings is 1. The van der Waals surface area contributed by atoms with E-state index in [0.717, 1.165) is 27.7 Å². The predicted octanol–water partition coefficient (Wildman–Crippen LogP) is 4.22. The molecule has 0 unspecified atom stereocenters. The summed E-state index contributed by atoms with van der Waals surface area (Å²) < 4.78 is 0. The Kier molecular flexibility index (Phi) is 4.27. The Morgan fingerprint density at radius 1 is 1.12 bits per heavy atom. The number of hydrogen-bond donors (Lipinski definition) is 2. The lowest BCUT2D eigenvalue weighted by Crippen LogP contribution is -2.30. The molecule has 130 valence electrons. The molecule has 1 amide bonds. The van der Waals surface area contributed by atoms with Crippen LogP contribution in [0.4, 0.5) is 0 Å². The first-order valence-corrected chi connectivity index (χ1v) is 8.70. The van der Waals surface area contributed by atoms with E-state index in [2.05, 4.69) is 15.0 Å². The molecule has 3 heterocycles. The summed E-state index contributed by atoms with van der Waals surface area (Å²) >= 11 is 0. The van der Waals surface area contributed by atoms with Crippen molar-refractivity contribution >= 4 is 16.9 Å². The fourth-order valence-electron chi connectivity index (χ4n) is 3.19. The van der Waals surface area contributed by atoms with Crippen LogP contribution in [-0.4, -0.2) is 32.3 Å².